The molecule has 9 heteroatoms. The lowest BCUT2D eigenvalue weighted by Crippen LogP contribution is -2.40. The zero-order chi connectivity index (χ0) is 55.9. The Morgan fingerprint density at radius 2 is 1.20 bits per heavy atom. The first-order valence-electron chi connectivity index (χ1n) is 28.3. The number of nitrogens with zero attached hydrogens (tertiary/aromatic N) is 4. The lowest BCUT2D eigenvalue weighted by Gasteiger charge is -2.28. The van der Waals surface area contributed by atoms with Crippen LogP contribution in [0.15, 0.2) is 222 Å². The molecule has 8 nitrogen and oxygen atoms in total. The summed E-state index contributed by atoms with van der Waals surface area (Å²) in [4.78, 5) is 51.4. The van der Waals surface area contributed by atoms with Crippen molar-refractivity contribution >= 4 is 70.6 Å². The van der Waals surface area contributed by atoms with E-state index >= 15 is 0 Å². The number of allylic oxidation sites excluding steroid dienone is 2. The third kappa shape index (κ3) is 8.29. The Bertz CT molecular complexity index is 4350. The second kappa shape index (κ2) is 20.0. The number of imide groups is 1. The van der Waals surface area contributed by atoms with Crippen LogP contribution in [0.25, 0.3) is 38.7 Å². The monoisotopic (exact) mass is 1060 g/mol. The van der Waals surface area contributed by atoms with Gasteiger partial charge in [-0.2, -0.15) is 0 Å². The van der Waals surface area contributed by atoms with Gasteiger partial charge in [0, 0.05) is 80.9 Å². The fourth-order valence-electron chi connectivity index (χ4n) is 13.4. The number of esters is 1. The molecule has 0 saturated heterocycles. The number of ether oxygens (including phenoxy) is 1. The van der Waals surface area contributed by atoms with E-state index in [1.165, 1.54) is 55.1 Å². The Labute approximate surface area is 478 Å². The van der Waals surface area contributed by atoms with Gasteiger partial charge < -0.3 is 14.1 Å². The number of hydrogen-bond donors (Lipinski definition) is 0. The fraction of sp³-hybridized carbons (Fsp3) is 0.123. The normalized spacial score (nSPS) is 14.4. The molecule has 0 atom stereocenters. The average Bonchev–Trinajstić information content (AvgIpc) is 2.04. The average molecular weight is 1070 g/mol. The summed E-state index contributed by atoms with van der Waals surface area (Å²) in [6.45, 7) is 8.70. The largest absolute Gasteiger partial charge is 0.427 e. The van der Waals surface area contributed by atoms with Gasteiger partial charge in [-0.15, -0.1) is 0 Å². The number of amides is 2. The number of anilines is 4. The topological polar surface area (TPSA) is 84.2 Å². The quantitative estimate of drug-likeness (QED) is 0.0527. The van der Waals surface area contributed by atoms with Gasteiger partial charge in [-0.25, -0.2) is 9.89 Å². The smallest absolute Gasteiger partial charge is 0.311 e. The lowest BCUT2D eigenvalue weighted by atomic mass is 9.87. The molecule has 2 amide bonds. The maximum absolute atomic E-state index is 14.4. The van der Waals surface area contributed by atoms with Crippen LogP contribution in [-0.2, 0) is 24.1 Å². The van der Waals surface area contributed by atoms with E-state index < -0.39 is 0 Å². The van der Waals surface area contributed by atoms with Crippen molar-refractivity contribution in [1.82, 2.24) is 4.48 Å². The first-order chi connectivity index (χ1) is 40.0. The molecule has 0 unspecified atom stereocenters. The Balaban J connectivity index is 0.672. The molecular weight excluding hydrogens is 1010 g/mol. The van der Waals surface area contributed by atoms with Gasteiger partial charge >= 0.3 is 5.97 Å². The number of rotatable bonds is 12. The lowest BCUT2D eigenvalue weighted by molar-refractivity contribution is -0.134. The standard InChI is InChI=1S/C73H57BN4O4/c1-43-39-55(40-44(2)65(43)67(68-45(3)62-41-49-18-11-13-24-57(49)69(62)75-68)70-46(4)63-42-50-19-12-14-25-58(50)71(63)78(70)74)82-64(79)28-15-17-47-29-33-54(34-30-47)77-72(80)60-27-16-26-59-56(37-38-61(66(59)60)73(77)81)48-31-35-53(36-32-48)76(51-20-7-5-8-21-51)52-22-9-6-10-23-52/h5-14,16,18-27,29-40H,15,17,28,41-42,74H2,1-4H3/b68-67-. The first kappa shape index (κ1) is 50.4. The van der Waals surface area contributed by atoms with Crippen LogP contribution in [0.5, 0.6) is 5.75 Å². The molecular formula is C73H57BN4O4. The Kier molecular flexibility index (Phi) is 12.3. The van der Waals surface area contributed by atoms with Crippen LogP contribution in [0, 0.1) is 20.8 Å². The minimum atomic E-state index is -0.364. The molecule has 14 rings (SSSR count). The molecule has 0 spiro atoms. The van der Waals surface area contributed by atoms with E-state index in [4.69, 9.17) is 9.73 Å². The van der Waals surface area contributed by atoms with E-state index in [2.05, 4.69) is 142 Å². The number of hydrogen-bond acceptors (Lipinski definition) is 6. The molecule has 396 valence electrons. The van der Waals surface area contributed by atoms with Gasteiger partial charge in [0.25, 0.3) is 11.8 Å². The predicted molar refractivity (Wildman–Crippen MR) is 333 cm³/mol. The fourth-order valence-corrected chi connectivity index (χ4v) is 13.4. The second-order valence-electron chi connectivity index (χ2n) is 22.1. The third-order valence-corrected chi connectivity index (χ3v) is 17.2. The van der Waals surface area contributed by atoms with E-state index in [0.717, 1.165) is 91.3 Å². The zero-order valence-electron chi connectivity index (χ0n) is 46.5. The molecule has 0 N–H and O–H groups in total. The van der Waals surface area contributed by atoms with Gasteiger partial charge in [0.15, 0.2) is 0 Å². The first-order valence-corrected chi connectivity index (χ1v) is 28.3. The second-order valence-corrected chi connectivity index (χ2v) is 22.1. The summed E-state index contributed by atoms with van der Waals surface area (Å²) in [7, 11) is 2.19. The van der Waals surface area contributed by atoms with E-state index in [0.29, 0.717) is 40.8 Å². The summed E-state index contributed by atoms with van der Waals surface area (Å²) in [6.07, 6.45) is 3.15. The van der Waals surface area contributed by atoms with Gasteiger partial charge in [0.05, 0.1) is 17.1 Å². The SMILES string of the molecule is Bn1c(/C(=C2\N=C3C(=C2C)Cc2ccccc23)c2c(C)cc(OC(=O)CCCc3ccc(N4C(=O)c5cccc6c(-c7ccc(N(c8ccccc8)c8ccccc8)cc7)ccc(c56)C4=O)cc3)cc2C)c(C)c2c1-c1ccccc1C2. The molecule has 0 fully saturated rings. The molecule has 0 bridgehead atoms. The minimum Gasteiger partial charge on any atom is -0.427 e. The highest BCUT2D eigenvalue weighted by Crippen LogP contribution is 2.49. The van der Waals surface area contributed by atoms with Crippen LogP contribution >= 0.6 is 0 Å². The number of para-hydroxylation sites is 2. The number of aryl methyl sites for hydroxylation is 3. The highest BCUT2D eigenvalue weighted by atomic mass is 16.5. The molecule has 82 heavy (non-hydrogen) atoms. The van der Waals surface area contributed by atoms with Crippen molar-refractivity contribution in [1.29, 1.82) is 0 Å². The van der Waals surface area contributed by atoms with Gasteiger partial charge in [-0.1, -0.05) is 127 Å². The number of aliphatic imine (C=N–C) groups is 1. The predicted octanol–water partition coefficient (Wildman–Crippen LogP) is 15.5. The molecule has 9 aromatic carbocycles. The minimum absolute atomic E-state index is 0.216. The van der Waals surface area contributed by atoms with Crippen LogP contribution in [0.4, 0.5) is 22.7 Å². The van der Waals surface area contributed by atoms with E-state index in [1.54, 1.807) is 6.07 Å². The van der Waals surface area contributed by atoms with E-state index in [1.807, 2.05) is 97.1 Å². The van der Waals surface area contributed by atoms with Gasteiger partial charge in [-0.3, -0.25) is 14.4 Å². The zero-order valence-corrected chi connectivity index (χ0v) is 46.5. The molecule has 2 aliphatic carbocycles. The molecule has 4 aliphatic rings. The van der Waals surface area contributed by atoms with Crippen molar-refractivity contribution in [2.75, 3.05) is 9.80 Å². The molecule has 3 heterocycles. The van der Waals surface area contributed by atoms with Crippen molar-refractivity contribution in [3.63, 3.8) is 0 Å². The van der Waals surface area contributed by atoms with Crippen molar-refractivity contribution in [2.45, 2.75) is 59.8 Å². The van der Waals surface area contributed by atoms with Gasteiger partial charge in [0.2, 0.25) is 7.98 Å². The summed E-state index contributed by atoms with van der Waals surface area (Å²) in [6, 6.07) is 67.3. The Morgan fingerprint density at radius 3 is 1.88 bits per heavy atom. The highest BCUT2D eigenvalue weighted by Gasteiger charge is 2.37. The maximum atomic E-state index is 14.4. The van der Waals surface area contributed by atoms with Crippen LogP contribution in [0.2, 0.25) is 0 Å². The van der Waals surface area contributed by atoms with Crippen LogP contribution in [0.1, 0.15) is 96.2 Å². The Hall–Kier alpha value is -9.86. The molecule has 2 aliphatic heterocycles. The molecule has 0 saturated carbocycles. The van der Waals surface area contributed by atoms with Crippen LogP contribution in [0.3, 0.4) is 0 Å². The third-order valence-electron chi connectivity index (χ3n) is 17.2. The van der Waals surface area contributed by atoms with Crippen LogP contribution in [-0.4, -0.2) is 36.0 Å². The van der Waals surface area contributed by atoms with E-state index in [-0.39, 0.29) is 24.2 Å². The number of carbonyl (C=O) groups excluding carboxylic acids is 3. The highest BCUT2D eigenvalue weighted by molar-refractivity contribution is 6.36. The molecule has 10 aromatic rings. The van der Waals surface area contributed by atoms with Crippen LogP contribution < -0.4 is 14.5 Å². The summed E-state index contributed by atoms with van der Waals surface area (Å²) < 4.78 is 8.49. The maximum Gasteiger partial charge on any atom is 0.311 e. The Morgan fingerprint density at radius 1 is 0.610 bits per heavy atom. The van der Waals surface area contributed by atoms with Crippen molar-refractivity contribution in [3.8, 4) is 28.1 Å². The van der Waals surface area contributed by atoms with Gasteiger partial charge in [-0.05, 0) is 185 Å². The summed E-state index contributed by atoms with van der Waals surface area (Å²) in [5.74, 6) is -0.516. The molecule has 1 aromatic heterocycles. The number of aromatic nitrogens is 1. The van der Waals surface area contributed by atoms with E-state index in [9.17, 15) is 14.4 Å². The number of benzene rings is 9. The number of carbonyl (C=O) groups is 3. The summed E-state index contributed by atoms with van der Waals surface area (Å²) in [5, 5.41) is 1.51. The molecule has 0 radical (unpaired) electrons. The number of fused-ring (bicyclic) bond motifs is 6. The van der Waals surface area contributed by atoms with Gasteiger partial charge in [0.1, 0.15) is 5.75 Å². The van der Waals surface area contributed by atoms with Crippen molar-refractivity contribution in [3.05, 3.63) is 284 Å². The van der Waals surface area contributed by atoms with Crippen molar-refractivity contribution < 1.29 is 19.1 Å². The summed E-state index contributed by atoms with van der Waals surface area (Å²) >= 11 is 0. The summed E-state index contributed by atoms with van der Waals surface area (Å²) in [5.41, 5.74) is 26.5. The van der Waals surface area contributed by atoms with Crippen molar-refractivity contribution in [2.24, 2.45) is 4.99 Å².